The number of hydrogen-bond donors (Lipinski definition) is 2. The number of carbonyl (C=O) groups excluding carboxylic acids is 1. The Morgan fingerprint density at radius 3 is 2.73 bits per heavy atom. The predicted molar refractivity (Wildman–Crippen MR) is 133 cm³/mol. The van der Waals surface area contributed by atoms with Crippen LogP contribution in [-0.4, -0.2) is 66.7 Å². The van der Waals surface area contributed by atoms with Crippen molar-refractivity contribution >= 4 is 28.4 Å². The Kier molecular flexibility index (Phi) is 7.74. The van der Waals surface area contributed by atoms with Crippen LogP contribution in [0.1, 0.15) is 17.0 Å². The van der Waals surface area contributed by atoms with E-state index in [9.17, 15) is 4.79 Å². The van der Waals surface area contributed by atoms with Gasteiger partial charge in [0, 0.05) is 62.9 Å². The van der Waals surface area contributed by atoms with Gasteiger partial charge in [-0.05, 0) is 42.3 Å². The van der Waals surface area contributed by atoms with E-state index >= 15 is 0 Å². The Morgan fingerprint density at radius 1 is 1.12 bits per heavy atom. The van der Waals surface area contributed by atoms with E-state index in [2.05, 4.69) is 30.9 Å². The summed E-state index contributed by atoms with van der Waals surface area (Å²) in [5, 5.41) is 6.79. The quantitative estimate of drug-likeness (QED) is 0.530. The third-order valence-corrected chi connectivity index (χ3v) is 6.40. The van der Waals surface area contributed by atoms with Crippen LogP contribution in [0.25, 0.3) is 0 Å². The second-order valence-electron chi connectivity index (χ2n) is 8.10. The van der Waals surface area contributed by atoms with Crippen molar-refractivity contribution in [3.05, 3.63) is 65.5 Å². The SMILES string of the molecule is COc1cccc(Cc2nsc(N3CCN(CCNC(=O)Nc4cccc(C)c4)CC3)n2)c1. The number of aryl methyl sites for hydroxylation is 1. The lowest BCUT2D eigenvalue weighted by Crippen LogP contribution is -2.48. The molecule has 0 aliphatic carbocycles. The lowest BCUT2D eigenvalue weighted by atomic mass is 10.1. The highest BCUT2D eigenvalue weighted by Crippen LogP contribution is 2.21. The van der Waals surface area contributed by atoms with Crippen molar-refractivity contribution in [2.24, 2.45) is 0 Å². The van der Waals surface area contributed by atoms with Crippen LogP contribution in [0.2, 0.25) is 0 Å². The van der Waals surface area contributed by atoms with Crippen LogP contribution in [0.15, 0.2) is 48.5 Å². The number of benzene rings is 2. The van der Waals surface area contributed by atoms with E-state index in [4.69, 9.17) is 9.72 Å². The molecule has 0 spiro atoms. The smallest absolute Gasteiger partial charge is 0.319 e. The molecule has 2 N–H and O–H groups in total. The molecule has 2 heterocycles. The molecule has 0 bridgehead atoms. The number of anilines is 2. The Hall–Kier alpha value is -3.17. The summed E-state index contributed by atoms with van der Waals surface area (Å²) in [6.07, 6.45) is 0.698. The van der Waals surface area contributed by atoms with Crippen molar-refractivity contribution < 1.29 is 9.53 Å². The molecule has 0 atom stereocenters. The molecule has 1 aromatic heterocycles. The zero-order valence-electron chi connectivity index (χ0n) is 19.1. The van der Waals surface area contributed by atoms with Crippen LogP contribution in [0.4, 0.5) is 15.6 Å². The maximum Gasteiger partial charge on any atom is 0.319 e. The number of nitrogens with zero attached hydrogens (tertiary/aromatic N) is 4. The molecule has 174 valence electrons. The summed E-state index contributed by atoms with van der Waals surface area (Å²) in [4.78, 5) is 21.5. The van der Waals surface area contributed by atoms with E-state index in [0.717, 1.165) is 66.2 Å². The molecule has 1 aliphatic rings. The van der Waals surface area contributed by atoms with Crippen molar-refractivity contribution in [2.45, 2.75) is 13.3 Å². The van der Waals surface area contributed by atoms with Gasteiger partial charge in [-0.3, -0.25) is 4.90 Å². The molecule has 1 saturated heterocycles. The minimum atomic E-state index is -0.170. The Labute approximate surface area is 198 Å². The third kappa shape index (κ3) is 6.66. The third-order valence-electron chi connectivity index (χ3n) is 5.59. The fraction of sp³-hybridized carbons (Fsp3) is 0.375. The molecule has 1 aliphatic heterocycles. The summed E-state index contributed by atoms with van der Waals surface area (Å²) in [6.45, 7) is 7.13. The summed E-state index contributed by atoms with van der Waals surface area (Å²) in [6, 6.07) is 15.6. The fourth-order valence-corrected chi connectivity index (χ4v) is 4.54. The first kappa shape index (κ1) is 23.0. The lowest BCUT2D eigenvalue weighted by Gasteiger charge is -2.34. The maximum atomic E-state index is 12.1. The monoisotopic (exact) mass is 466 g/mol. The Morgan fingerprint density at radius 2 is 1.94 bits per heavy atom. The highest BCUT2D eigenvalue weighted by Gasteiger charge is 2.20. The van der Waals surface area contributed by atoms with Gasteiger partial charge in [-0.2, -0.15) is 4.37 Å². The molecule has 8 nitrogen and oxygen atoms in total. The molecular formula is C24H30N6O2S. The summed E-state index contributed by atoms with van der Waals surface area (Å²) in [7, 11) is 1.67. The summed E-state index contributed by atoms with van der Waals surface area (Å²) in [5.41, 5.74) is 3.07. The Bertz CT molecular complexity index is 1060. The number of carbonyl (C=O) groups is 1. The number of piperazine rings is 1. The molecule has 2 aromatic carbocycles. The van der Waals surface area contributed by atoms with E-state index in [-0.39, 0.29) is 6.03 Å². The molecule has 0 saturated carbocycles. The first-order chi connectivity index (χ1) is 16.1. The first-order valence-electron chi connectivity index (χ1n) is 11.1. The number of hydrogen-bond acceptors (Lipinski definition) is 7. The molecule has 3 aromatic rings. The van der Waals surface area contributed by atoms with E-state index in [1.165, 1.54) is 11.5 Å². The highest BCUT2D eigenvalue weighted by molar-refractivity contribution is 7.09. The number of rotatable bonds is 8. The Balaban J connectivity index is 1.18. The minimum absolute atomic E-state index is 0.170. The molecule has 1 fully saturated rings. The van der Waals surface area contributed by atoms with Crippen molar-refractivity contribution in [1.29, 1.82) is 0 Å². The number of nitrogens with one attached hydrogen (secondary N) is 2. The second-order valence-corrected chi connectivity index (χ2v) is 8.83. The van der Waals surface area contributed by atoms with Crippen molar-refractivity contribution in [3.8, 4) is 5.75 Å². The molecule has 4 rings (SSSR count). The highest BCUT2D eigenvalue weighted by atomic mass is 32.1. The number of amides is 2. The summed E-state index contributed by atoms with van der Waals surface area (Å²) in [5.74, 6) is 1.69. The largest absolute Gasteiger partial charge is 0.497 e. The van der Waals surface area contributed by atoms with Gasteiger partial charge in [0.25, 0.3) is 0 Å². The van der Waals surface area contributed by atoms with Gasteiger partial charge in [0.1, 0.15) is 11.6 Å². The van der Waals surface area contributed by atoms with Crippen molar-refractivity contribution in [3.63, 3.8) is 0 Å². The van der Waals surface area contributed by atoms with Gasteiger partial charge >= 0.3 is 6.03 Å². The molecule has 0 unspecified atom stereocenters. The van der Waals surface area contributed by atoms with Gasteiger partial charge in [-0.1, -0.05) is 24.3 Å². The molecule has 2 amide bonds. The van der Waals surface area contributed by atoms with Crippen LogP contribution in [0.3, 0.4) is 0 Å². The van der Waals surface area contributed by atoms with Gasteiger partial charge in [0.05, 0.1) is 7.11 Å². The maximum absolute atomic E-state index is 12.1. The van der Waals surface area contributed by atoms with E-state index in [1.807, 2.05) is 49.4 Å². The molecular weight excluding hydrogens is 436 g/mol. The van der Waals surface area contributed by atoms with Crippen LogP contribution >= 0.6 is 11.5 Å². The zero-order chi connectivity index (χ0) is 23.0. The van der Waals surface area contributed by atoms with E-state index in [1.54, 1.807) is 7.11 Å². The second kappa shape index (κ2) is 11.1. The van der Waals surface area contributed by atoms with Crippen LogP contribution in [-0.2, 0) is 6.42 Å². The number of urea groups is 1. The van der Waals surface area contributed by atoms with Crippen LogP contribution in [0.5, 0.6) is 5.75 Å². The average Bonchev–Trinajstić information content (AvgIpc) is 3.28. The van der Waals surface area contributed by atoms with Gasteiger partial charge < -0.3 is 20.3 Å². The average molecular weight is 467 g/mol. The molecule has 9 heteroatoms. The number of ether oxygens (including phenoxy) is 1. The van der Waals surface area contributed by atoms with Crippen molar-refractivity contribution in [1.82, 2.24) is 19.6 Å². The van der Waals surface area contributed by atoms with E-state index < -0.39 is 0 Å². The fourth-order valence-electron chi connectivity index (χ4n) is 3.80. The molecule has 33 heavy (non-hydrogen) atoms. The van der Waals surface area contributed by atoms with Crippen LogP contribution in [0, 0.1) is 6.92 Å². The number of aromatic nitrogens is 2. The van der Waals surface area contributed by atoms with Crippen LogP contribution < -0.4 is 20.3 Å². The summed E-state index contributed by atoms with van der Waals surface area (Å²) < 4.78 is 9.85. The minimum Gasteiger partial charge on any atom is -0.497 e. The zero-order valence-corrected chi connectivity index (χ0v) is 19.9. The number of methoxy groups -OCH3 is 1. The van der Waals surface area contributed by atoms with Gasteiger partial charge in [-0.15, -0.1) is 0 Å². The van der Waals surface area contributed by atoms with Gasteiger partial charge in [0.15, 0.2) is 0 Å². The standard InChI is InChI=1S/C24H30N6O2S/c1-18-5-3-7-20(15-18)26-23(31)25-9-10-29-11-13-30(14-12-29)24-27-22(28-33-24)17-19-6-4-8-21(16-19)32-2/h3-8,15-16H,9-14,17H2,1-2H3,(H2,25,26,31). The first-order valence-corrected chi connectivity index (χ1v) is 11.9. The molecule has 0 radical (unpaired) electrons. The topological polar surface area (TPSA) is 82.6 Å². The van der Waals surface area contributed by atoms with Gasteiger partial charge in [0.2, 0.25) is 5.13 Å². The van der Waals surface area contributed by atoms with Crippen molar-refractivity contribution in [2.75, 3.05) is 56.6 Å². The van der Waals surface area contributed by atoms with E-state index in [0.29, 0.717) is 13.0 Å². The lowest BCUT2D eigenvalue weighted by molar-refractivity contribution is 0.240. The predicted octanol–water partition coefficient (Wildman–Crippen LogP) is 3.39. The summed E-state index contributed by atoms with van der Waals surface area (Å²) >= 11 is 1.46. The normalized spacial score (nSPS) is 14.2. The van der Waals surface area contributed by atoms with Gasteiger partial charge in [-0.25, -0.2) is 9.78 Å².